The first kappa shape index (κ1) is 16.7. The molecule has 0 aliphatic heterocycles. The summed E-state index contributed by atoms with van der Waals surface area (Å²) in [7, 11) is 3.24. The second-order valence-electron chi connectivity index (χ2n) is 5.21. The van der Waals surface area contributed by atoms with Crippen LogP contribution in [0.4, 0.5) is 0 Å². The van der Waals surface area contributed by atoms with Crippen LogP contribution in [-0.4, -0.2) is 19.2 Å². The third kappa shape index (κ3) is 3.87. The molecule has 0 spiro atoms. The molecule has 0 N–H and O–H groups in total. The first-order chi connectivity index (χ1) is 12.2. The Bertz CT molecular complexity index is 937. The quantitative estimate of drug-likeness (QED) is 0.660. The summed E-state index contributed by atoms with van der Waals surface area (Å²) in [4.78, 5) is 4.64. The number of nitriles is 1. The number of hydrogen-bond donors (Lipinski definition) is 0. The Morgan fingerprint density at radius 1 is 1.00 bits per heavy atom. The second-order valence-corrected chi connectivity index (χ2v) is 6.10. The topological polar surface area (TPSA) is 55.1 Å². The van der Waals surface area contributed by atoms with Crippen LogP contribution in [0.25, 0.3) is 23.4 Å². The molecule has 0 atom stereocenters. The van der Waals surface area contributed by atoms with Crippen LogP contribution < -0.4 is 9.47 Å². The Kier molecular flexibility index (Phi) is 5.12. The molecule has 0 unspecified atom stereocenters. The highest BCUT2D eigenvalue weighted by Crippen LogP contribution is 2.32. The summed E-state index contributed by atoms with van der Waals surface area (Å²) in [5, 5.41) is 11.7. The van der Waals surface area contributed by atoms with Gasteiger partial charge in [0.2, 0.25) is 0 Å². The van der Waals surface area contributed by atoms with Crippen LogP contribution in [-0.2, 0) is 0 Å². The first-order valence-electron chi connectivity index (χ1n) is 7.59. The van der Waals surface area contributed by atoms with Crippen molar-refractivity contribution >= 4 is 23.5 Å². The van der Waals surface area contributed by atoms with Gasteiger partial charge in [-0.2, -0.15) is 5.26 Å². The van der Waals surface area contributed by atoms with Gasteiger partial charge < -0.3 is 9.47 Å². The Morgan fingerprint density at radius 2 is 1.76 bits per heavy atom. The van der Waals surface area contributed by atoms with Crippen molar-refractivity contribution in [1.29, 1.82) is 5.26 Å². The molecule has 25 heavy (non-hydrogen) atoms. The van der Waals surface area contributed by atoms with E-state index in [0.717, 1.165) is 21.8 Å². The fourth-order valence-corrected chi connectivity index (χ4v) is 3.05. The van der Waals surface area contributed by atoms with Gasteiger partial charge in [0, 0.05) is 10.9 Å². The SMILES string of the molecule is COc1ccc(-c2csc(/C=C/c3ccc(C#N)cc3)n2)cc1OC. The van der Waals surface area contributed by atoms with Gasteiger partial charge in [0.1, 0.15) is 5.01 Å². The van der Waals surface area contributed by atoms with E-state index < -0.39 is 0 Å². The van der Waals surface area contributed by atoms with Gasteiger partial charge in [-0.1, -0.05) is 18.2 Å². The standard InChI is InChI=1S/C20H16N2O2S/c1-23-18-9-8-16(11-19(18)24-2)17-13-25-20(22-17)10-7-14-3-5-15(12-21)6-4-14/h3-11,13H,1-2H3/b10-7+. The number of methoxy groups -OCH3 is 2. The number of hydrogen-bond acceptors (Lipinski definition) is 5. The van der Waals surface area contributed by atoms with Crippen molar-refractivity contribution in [3.8, 4) is 28.8 Å². The average Bonchev–Trinajstić information content (AvgIpc) is 3.15. The molecule has 0 bridgehead atoms. The Morgan fingerprint density at radius 3 is 2.44 bits per heavy atom. The zero-order valence-corrected chi connectivity index (χ0v) is 14.7. The smallest absolute Gasteiger partial charge is 0.161 e. The third-order valence-corrected chi connectivity index (χ3v) is 4.47. The molecule has 0 aliphatic carbocycles. The lowest BCUT2D eigenvalue weighted by Crippen LogP contribution is -1.90. The average molecular weight is 348 g/mol. The lowest BCUT2D eigenvalue weighted by atomic mass is 10.1. The van der Waals surface area contributed by atoms with Crippen molar-refractivity contribution in [3.05, 3.63) is 64.0 Å². The summed E-state index contributed by atoms with van der Waals surface area (Å²) < 4.78 is 10.6. The van der Waals surface area contributed by atoms with E-state index in [4.69, 9.17) is 14.7 Å². The normalized spacial score (nSPS) is 10.6. The van der Waals surface area contributed by atoms with Crippen molar-refractivity contribution in [1.82, 2.24) is 4.98 Å². The third-order valence-electron chi connectivity index (χ3n) is 3.66. The molecule has 4 nitrogen and oxygen atoms in total. The number of nitrogens with zero attached hydrogens (tertiary/aromatic N) is 2. The highest BCUT2D eigenvalue weighted by atomic mass is 32.1. The molecular formula is C20H16N2O2S. The summed E-state index contributed by atoms with van der Waals surface area (Å²) >= 11 is 1.57. The summed E-state index contributed by atoms with van der Waals surface area (Å²) in [6.07, 6.45) is 3.95. The fraction of sp³-hybridized carbons (Fsp3) is 0.100. The molecular weight excluding hydrogens is 332 g/mol. The van der Waals surface area contributed by atoms with Crippen molar-refractivity contribution in [2.45, 2.75) is 0 Å². The number of aromatic nitrogens is 1. The molecule has 3 aromatic rings. The molecule has 124 valence electrons. The van der Waals surface area contributed by atoms with E-state index >= 15 is 0 Å². The van der Waals surface area contributed by atoms with Crippen molar-refractivity contribution in [2.75, 3.05) is 14.2 Å². The molecule has 0 aliphatic rings. The zero-order valence-electron chi connectivity index (χ0n) is 13.9. The maximum Gasteiger partial charge on any atom is 0.161 e. The highest BCUT2D eigenvalue weighted by molar-refractivity contribution is 7.10. The molecule has 0 amide bonds. The van der Waals surface area contributed by atoms with Gasteiger partial charge in [0.15, 0.2) is 11.5 Å². The van der Waals surface area contributed by atoms with Crippen LogP contribution in [0, 0.1) is 11.3 Å². The Balaban J connectivity index is 1.80. The molecule has 1 aromatic heterocycles. The number of thiazole rings is 1. The van der Waals surface area contributed by atoms with Crippen LogP contribution in [0.15, 0.2) is 47.8 Å². The predicted molar refractivity (Wildman–Crippen MR) is 101 cm³/mol. The number of benzene rings is 2. The Hall–Kier alpha value is -3.10. The Labute approximate surface area is 150 Å². The van der Waals surface area contributed by atoms with Crippen molar-refractivity contribution in [3.63, 3.8) is 0 Å². The summed E-state index contributed by atoms with van der Waals surface area (Å²) in [5.41, 5.74) is 3.56. The van der Waals surface area contributed by atoms with Gasteiger partial charge in [-0.05, 0) is 42.0 Å². The van der Waals surface area contributed by atoms with Gasteiger partial charge in [-0.3, -0.25) is 0 Å². The van der Waals surface area contributed by atoms with Gasteiger partial charge in [0.05, 0.1) is 31.5 Å². The van der Waals surface area contributed by atoms with E-state index in [0.29, 0.717) is 17.1 Å². The molecule has 0 saturated carbocycles. The van der Waals surface area contributed by atoms with Crippen LogP contribution >= 0.6 is 11.3 Å². The van der Waals surface area contributed by atoms with E-state index in [-0.39, 0.29) is 0 Å². The first-order valence-corrected chi connectivity index (χ1v) is 8.47. The minimum atomic E-state index is 0.655. The van der Waals surface area contributed by atoms with E-state index in [1.54, 1.807) is 37.7 Å². The van der Waals surface area contributed by atoms with Crippen LogP contribution in [0.3, 0.4) is 0 Å². The van der Waals surface area contributed by atoms with Crippen molar-refractivity contribution in [2.24, 2.45) is 0 Å². The van der Waals surface area contributed by atoms with Gasteiger partial charge >= 0.3 is 0 Å². The summed E-state index contributed by atoms with van der Waals surface area (Å²) in [6.45, 7) is 0. The molecule has 1 heterocycles. The monoisotopic (exact) mass is 348 g/mol. The second kappa shape index (κ2) is 7.65. The zero-order chi connectivity index (χ0) is 17.6. The van der Waals surface area contributed by atoms with E-state index in [1.807, 2.05) is 47.9 Å². The molecule has 0 fully saturated rings. The lowest BCUT2D eigenvalue weighted by Gasteiger charge is -2.08. The molecule has 0 radical (unpaired) electrons. The molecule has 2 aromatic carbocycles. The predicted octanol–water partition coefficient (Wildman–Crippen LogP) is 4.87. The van der Waals surface area contributed by atoms with Crippen molar-refractivity contribution < 1.29 is 9.47 Å². The summed E-state index contributed by atoms with van der Waals surface area (Å²) in [5.74, 6) is 1.38. The van der Waals surface area contributed by atoms with Gasteiger partial charge in [-0.25, -0.2) is 4.98 Å². The molecule has 3 rings (SSSR count). The molecule has 5 heteroatoms. The summed E-state index contributed by atoms with van der Waals surface area (Å²) in [6, 6.07) is 15.3. The van der Waals surface area contributed by atoms with Gasteiger partial charge in [-0.15, -0.1) is 11.3 Å². The van der Waals surface area contributed by atoms with Crippen LogP contribution in [0.5, 0.6) is 11.5 Å². The van der Waals surface area contributed by atoms with Crippen LogP contribution in [0.1, 0.15) is 16.1 Å². The largest absolute Gasteiger partial charge is 0.493 e. The maximum atomic E-state index is 8.82. The lowest BCUT2D eigenvalue weighted by molar-refractivity contribution is 0.355. The number of rotatable bonds is 5. The minimum Gasteiger partial charge on any atom is -0.493 e. The number of ether oxygens (including phenoxy) is 2. The minimum absolute atomic E-state index is 0.655. The van der Waals surface area contributed by atoms with Gasteiger partial charge in [0.25, 0.3) is 0 Å². The highest BCUT2D eigenvalue weighted by Gasteiger charge is 2.08. The van der Waals surface area contributed by atoms with E-state index in [9.17, 15) is 0 Å². The molecule has 0 saturated heterocycles. The van der Waals surface area contributed by atoms with Crippen LogP contribution in [0.2, 0.25) is 0 Å². The fourth-order valence-electron chi connectivity index (χ4n) is 2.33. The van der Waals surface area contributed by atoms with E-state index in [2.05, 4.69) is 11.1 Å². The maximum absolute atomic E-state index is 8.82. The van der Waals surface area contributed by atoms with E-state index in [1.165, 1.54) is 0 Å².